The van der Waals surface area contributed by atoms with Gasteiger partial charge in [-0.2, -0.15) is 5.10 Å². The highest BCUT2D eigenvalue weighted by Gasteiger charge is 2.14. The monoisotopic (exact) mass is 322 g/mol. The van der Waals surface area contributed by atoms with Gasteiger partial charge in [0.1, 0.15) is 0 Å². The molecule has 0 radical (unpaired) electrons. The van der Waals surface area contributed by atoms with Crippen LogP contribution < -0.4 is 10.6 Å². The highest BCUT2D eigenvalue weighted by Crippen LogP contribution is 2.18. The van der Waals surface area contributed by atoms with Crippen molar-refractivity contribution in [1.29, 1.82) is 0 Å². The number of nitrogens with zero attached hydrogens (tertiary/aromatic N) is 2. The van der Waals surface area contributed by atoms with Crippen LogP contribution in [0.4, 0.5) is 14.5 Å². The second-order valence-electron chi connectivity index (χ2n) is 5.49. The van der Waals surface area contributed by atoms with Crippen molar-refractivity contribution in [3.63, 3.8) is 0 Å². The molecule has 0 spiro atoms. The van der Waals surface area contributed by atoms with Crippen molar-refractivity contribution in [3.05, 3.63) is 46.8 Å². The van der Waals surface area contributed by atoms with Gasteiger partial charge in [-0.3, -0.25) is 9.48 Å². The van der Waals surface area contributed by atoms with E-state index in [0.717, 1.165) is 23.5 Å². The Bertz CT molecular complexity index is 727. The van der Waals surface area contributed by atoms with E-state index >= 15 is 0 Å². The van der Waals surface area contributed by atoms with E-state index in [2.05, 4.69) is 15.7 Å². The lowest BCUT2D eigenvalue weighted by atomic mass is 10.1. The lowest BCUT2D eigenvalue weighted by Gasteiger charge is -2.14. The summed E-state index contributed by atoms with van der Waals surface area (Å²) in [6.45, 7) is 5.52. The molecule has 2 N–H and O–H groups in total. The summed E-state index contributed by atoms with van der Waals surface area (Å²) in [5.41, 5.74) is 2.88. The van der Waals surface area contributed by atoms with Gasteiger partial charge in [-0.15, -0.1) is 0 Å². The van der Waals surface area contributed by atoms with Crippen LogP contribution in [0.25, 0.3) is 0 Å². The first-order valence-electron chi connectivity index (χ1n) is 7.28. The van der Waals surface area contributed by atoms with E-state index in [4.69, 9.17) is 0 Å². The summed E-state index contributed by atoms with van der Waals surface area (Å²) in [5, 5.41) is 10.0. The molecule has 0 unspecified atom stereocenters. The number of benzene rings is 1. The zero-order valence-electron chi connectivity index (χ0n) is 13.6. The van der Waals surface area contributed by atoms with Gasteiger partial charge in [-0.1, -0.05) is 6.07 Å². The zero-order valence-corrected chi connectivity index (χ0v) is 13.6. The quantitative estimate of drug-likeness (QED) is 0.889. The summed E-state index contributed by atoms with van der Waals surface area (Å²) in [6, 6.07) is 3.40. The fourth-order valence-corrected chi connectivity index (χ4v) is 2.28. The average Bonchev–Trinajstić information content (AvgIpc) is 2.74. The number of aryl methyl sites for hydroxylation is 2. The second kappa shape index (κ2) is 6.87. The fourth-order valence-electron chi connectivity index (χ4n) is 2.28. The van der Waals surface area contributed by atoms with Crippen molar-refractivity contribution in [1.82, 2.24) is 15.1 Å². The molecule has 0 saturated heterocycles. The Morgan fingerprint density at radius 1 is 1.30 bits per heavy atom. The highest BCUT2D eigenvalue weighted by atomic mass is 19.2. The maximum Gasteiger partial charge on any atom is 0.238 e. The van der Waals surface area contributed by atoms with Crippen molar-refractivity contribution in [2.45, 2.75) is 26.8 Å². The van der Waals surface area contributed by atoms with E-state index in [1.54, 1.807) is 18.7 Å². The van der Waals surface area contributed by atoms with Crippen molar-refractivity contribution in [3.8, 4) is 0 Å². The average molecular weight is 322 g/mol. The van der Waals surface area contributed by atoms with Crippen LogP contribution in [-0.4, -0.2) is 22.2 Å². The second-order valence-corrected chi connectivity index (χ2v) is 5.49. The molecule has 1 aromatic heterocycles. The lowest BCUT2D eigenvalue weighted by molar-refractivity contribution is -0.115. The minimum Gasteiger partial charge on any atom is -0.322 e. The van der Waals surface area contributed by atoms with Gasteiger partial charge in [0.05, 0.1) is 23.6 Å². The summed E-state index contributed by atoms with van der Waals surface area (Å²) >= 11 is 0. The fraction of sp³-hybridized carbons (Fsp3) is 0.375. The van der Waals surface area contributed by atoms with Gasteiger partial charge >= 0.3 is 0 Å². The first-order chi connectivity index (χ1) is 10.8. The Labute approximate surface area is 133 Å². The Morgan fingerprint density at radius 3 is 2.57 bits per heavy atom. The first-order valence-corrected chi connectivity index (χ1v) is 7.28. The Morgan fingerprint density at radius 2 is 2.00 bits per heavy atom. The summed E-state index contributed by atoms with van der Waals surface area (Å²) in [6.07, 6.45) is 0. The van der Waals surface area contributed by atoms with Crippen LogP contribution in [0.5, 0.6) is 0 Å². The molecule has 1 atom stereocenters. The number of carbonyl (C=O) groups excluding carboxylic acids is 1. The molecule has 0 bridgehead atoms. The van der Waals surface area contributed by atoms with Gasteiger partial charge in [-0.05, 0) is 38.5 Å². The number of rotatable bonds is 5. The molecule has 23 heavy (non-hydrogen) atoms. The maximum absolute atomic E-state index is 13.2. The van der Waals surface area contributed by atoms with Gasteiger partial charge < -0.3 is 10.6 Å². The van der Waals surface area contributed by atoms with Gasteiger partial charge in [0.25, 0.3) is 0 Å². The molecule has 0 saturated carbocycles. The number of hydrogen-bond acceptors (Lipinski definition) is 3. The van der Waals surface area contributed by atoms with Crippen LogP contribution in [0, 0.1) is 25.5 Å². The van der Waals surface area contributed by atoms with E-state index in [1.165, 1.54) is 6.07 Å². The molecule has 0 aliphatic heterocycles. The minimum atomic E-state index is -0.901. The maximum atomic E-state index is 13.2. The first kappa shape index (κ1) is 17.1. The summed E-state index contributed by atoms with van der Waals surface area (Å²) in [4.78, 5) is 12.0. The van der Waals surface area contributed by atoms with E-state index in [0.29, 0.717) is 11.3 Å². The topological polar surface area (TPSA) is 59.0 Å². The van der Waals surface area contributed by atoms with Gasteiger partial charge in [0.2, 0.25) is 5.91 Å². The van der Waals surface area contributed by atoms with Gasteiger partial charge in [0, 0.05) is 13.1 Å². The third kappa shape index (κ3) is 3.92. The van der Waals surface area contributed by atoms with Crippen molar-refractivity contribution >= 4 is 11.6 Å². The number of aromatic nitrogens is 2. The largest absolute Gasteiger partial charge is 0.322 e. The van der Waals surface area contributed by atoms with E-state index < -0.39 is 11.6 Å². The molecule has 5 nitrogen and oxygen atoms in total. The minimum absolute atomic E-state index is 0.0495. The third-order valence-electron chi connectivity index (χ3n) is 3.79. The van der Waals surface area contributed by atoms with Crippen LogP contribution in [-0.2, 0) is 11.8 Å². The Balaban J connectivity index is 1.94. The molecule has 124 valence electrons. The molecule has 1 heterocycles. The molecule has 0 aliphatic carbocycles. The van der Waals surface area contributed by atoms with Crippen LogP contribution in [0.15, 0.2) is 18.2 Å². The normalized spacial score (nSPS) is 12.3. The number of nitrogens with one attached hydrogen (secondary N) is 2. The summed E-state index contributed by atoms with van der Waals surface area (Å²) in [7, 11) is 1.81. The zero-order chi connectivity index (χ0) is 17.1. The molecular formula is C16H20F2N4O. The number of amides is 1. The van der Waals surface area contributed by atoms with Crippen LogP contribution >= 0.6 is 0 Å². The summed E-state index contributed by atoms with van der Waals surface area (Å²) in [5.74, 6) is -2.01. The van der Waals surface area contributed by atoms with Crippen molar-refractivity contribution in [2.24, 2.45) is 7.05 Å². The smallest absolute Gasteiger partial charge is 0.238 e. The van der Waals surface area contributed by atoms with Gasteiger partial charge in [-0.25, -0.2) is 8.78 Å². The number of carbonyl (C=O) groups is 1. The van der Waals surface area contributed by atoms with E-state index in [1.807, 2.05) is 13.8 Å². The third-order valence-corrected chi connectivity index (χ3v) is 3.79. The molecular weight excluding hydrogens is 302 g/mol. The Kier molecular flexibility index (Phi) is 5.10. The summed E-state index contributed by atoms with van der Waals surface area (Å²) < 4.78 is 27.9. The number of halogens is 2. The van der Waals surface area contributed by atoms with Crippen LogP contribution in [0.1, 0.15) is 29.9 Å². The Hall–Kier alpha value is -2.28. The van der Waals surface area contributed by atoms with E-state index in [-0.39, 0.29) is 18.5 Å². The standard InChI is InChI=1S/C16H20F2N4O/c1-9(12-5-6-13(17)14(18)7-12)19-8-15(23)20-16-10(2)21-22(4)11(16)3/h5-7,9,19H,8H2,1-4H3,(H,20,23)/t9-/m0/s1. The highest BCUT2D eigenvalue weighted by molar-refractivity contribution is 5.93. The molecule has 1 amide bonds. The SMILES string of the molecule is Cc1nn(C)c(C)c1NC(=O)CN[C@@H](C)c1ccc(F)c(F)c1. The molecule has 1 aromatic carbocycles. The molecule has 7 heteroatoms. The van der Waals surface area contributed by atoms with Crippen LogP contribution in [0.3, 0.4) is 0 Å². The lowest BCUT2D eigenvalue weighted by Crippen LogP contribution is -2.30. The van der Waals surface area contributed by atoms with Crippen molar-refractivity contribution in [2.75, 3.05) is 11.9 Å². The van der Waals surface area contributed by atoms with Gasteiger partial charge in [0.15, 0.2) is 11.6 Å². The molecule has 2 rings (SSSR count). The molecule has 0 fully saturated rings. The molecule has 0 aliphatic rings. The van der Waals surface area contributed by atoms with E-state index in [9.17, 15) is 13.6 Å². The predicted molar refractivity (Wildman–Crippen MR) is 84.1 cm³/mol. The molecule has 2 aromatic rings. The number of hydrogen-bond donors (Lipinski definition) is 2. The number of anilines is 1. The van der Waals surface area contributed by atoms with Crippen molar-refractivity contribution < 1.29 is 13.6 Å². The van der Waals surface area contributed by atoms with Crippen LogP contribution in [0.2, 0.25) is 0 Å². The predicted octanol–water partition coefficient (Wildman–Crippen LogP) is 2.60.